The molecule has 1 aromatic carbocycles. The van der Waals surface area contributed by atoms with E-state index in [1.165, 1.54) is 0 Å². The molecule has 0 aromatic heterocycles. The van der Waals surface area contributed by atoms with Gasteiger partial charge in [0, 0.05) is 19.6 Å². The summed E-state index contributed by atoms with van der Waals surface area (Å²) in [4.78, 5) is 24.0. The van der Waals surface area contributed by atoms with Gasteiger partial charge in [-0.2, -0.15) is 5.26 Å². The number of benzene rings is 1. The van der Waals surface area contributed by atoms with Crippen molar-refractivity contribution in [2.45, 2.75) is 31.8 Å². The maximum absolute atomic E-state index is 12.0. The molecule has 0 bridgehead atoms. The number of nitrogens with one attached hydrogen (secondary N) is 1. The Hall–Kier alpha value is -2.19. The zero-order chi connectivity index (χ0) is 15.8. The first kappa shape index (κ1) is 16.2. The first-order valence-corrected chi connectivity index (χ1v) is 7.56. The van der Waals surface area contributed by atoms with Gasteiger partial charge in [0.25, 0.3) is 0 Å². The van der Waals surface area contributed by atoms with Gasteiger partial charge in [-0.1, -0.05) is 30.3 Å². The average molecular weight is 300 g/mol. The number of hydrogen-bond donors (Lipinski definition) is 1. The van der Waals surface area contributed by atoms with Crippen LogP contribution in [0, 0.1) is 17.2 Å². The molecule has 1 heterocycles. The molecule has 5 heteroatoms. The highest BCUT2D eigenvalue weighted by Crippen LogP contribution is 2.17. The van der Waals surface area contributed by atoms with Crippen LogP contribution in [-0.2, 0) is 20.7 Å². The van der Waals surface area contributed by atoms with Crippen molar-refractivity contribution >= 4 is 11.7 Å². The molecular formula is C17H20N2O3. The van der Waals surface area contributed by atoms with Crippen LogP contribution in [0.1, 0.15) is 24.8 Å². The van der Waals surface area contributed by atoms with Crippen LogP contribution in [0.25, 0.3) is 0 Å². The normalized spacial score (nSPS) is 18.4. The summed E-state index contributed by atoms with van der Waals surface area (Å²) in [5, 5.41) is 11.7. The Morgan fingerprint density at radius 1 is 1.36 bits per heavy atom. The van der Waals surface area contributed by atoms with Crippen molar-refractivity contribution in [1.82, 2.24) is 5.32 Å². The van der Waals surface area contributed by atoms with Gasteiger partial charge in [0.05, 0.1) is 12.2 Å². The summed E-state index contributed by atoms with van der Waals surface area (Å²) in [5.74, 6) is -2.10. The average Bonchev–Trinajstić information content (AvgIpc) is 3.02. The van der Waals surface area contributed by atoms with Crippen molar-refractivity contribution in [2.75, 3.05) is 13.2 Å². The summed E-state index contributed by atoms with van der Waals surface area (Å²) in [6, 6.07) is 11.5. The second kappa shape index (κ2) is 8.30. The maximum Gasteiger partial charge on any atom is 0.245 e. The molecule has 0 aliphatic carbocycles. The number of rotatable bonds is 7. The van der Waals surface area contributed by atoms with E-state index in [-0.39, 0.29) is 18.3 Å². The Morgan fingerprint density at radius 2 is 2.14 bits per heavy atom. The number of nitriles is 1. The van der Waals surface area contributed by atoms with E-state index in [0.717, 1.165) is 18.4 Å². The highest BCUT2D eigenvalue weighted by Gasteiger charge is 2.29. The smallest absolute Gasteiger partial charge is 0.245 e. The number of ketones is 1. The fourth-order valence-electron chi connectivity index (χ4n) is 2.50. The van der Waals surface area contributed by atoms with Crippen LogP contribution >= 0.6 is 0 Å². The SMILES string of the molecule is N#C[C@H](C(=O)C[C@H]1CCCO1)C(=O)NCCc1ccccc1. The maximum atomic E-state index is 12.0. The summed E-state index contributed by atoms with van der Waals surface area (Å²) in [6.45, 7) is 1.06. The van der Waals surface area contributed by atoms with E-state index in [4.69, 9.17) is 10.00 Å². The largest absolute Gasteiger partial charge is 0.378 e. The van der Waals surface area contributed by atoms with E-state index in [2.05, 4.69) is 5.32 Å². The molecule has 1 aliphatic heterocycles. The quantitative estimate of drug-likeness (QED) is 0.776. The van der Waals surface area contributed by atoms with Gasteiger partial charge in [-0.3, -0.25) is 9.59 Å². The minimum Gasteiger partial charge on any atom is -0.378 e. The molecule has 1 aromatic rings. The van der Waals surface area contributed by atoms with Gasteiger partial charge in [-0.25, -0.2) is 0 Å². The Bertz CT molecular complexity index is 545. The molecule has 1 saturated heterocycles. The minimum absolute atomic E-state index is 0.138. The van der Waals surface area contributed by atoms with Crippen LogP contribution < -0.4 is 5.32 Å². The number of carbonyl (C=O) groups is 2. The van der Waals surface area contributed by atoms with Gasteiger partial charge in [0.2, 0.25) is 5.91 Å². The molecule has 0 radical (unpaired) electrons. The Morgan fingerprint density at radius 3 is 2.77 bits per heavy atom. The fraction of sp³-hybridized carbons (Fsp3) is 0.471. The van der Waals surface area contributed by atoms with Crippen molar-refractivity contribution < 1.29 is 14.3 Å². The predicted molar refractivity (Wildman–Crippen MR) is 80.9 cm³/mol. The lowest BCUT2D eigenvalue weighted by molar-refractivity contribution is -0.132. The highest BCUT2D eigenvalue weighted by molar-refractivity contribution is 6.04. The molecular weight excluding hydrogens is 280 g/mol. The number of Topliss-reactive ketones (excluding diaryl/α,β-unsaturated/α-hetero) is 1. The van der Waals surface area contributed by atoms with Crippen molar-refractivity contribution in [3.63, 3.8) is 0 Å². The summed E-state index contributed by atoms with van der Waals surface area (Å²) < 4.78 is 5.38. The molecule has 1 fully saturated rings. The van der Waals surface area contributed by atoms with E-state index >= 15 is 0 Å². The van der Waals surface area contributed by atoms with Crippen molar-refractivity contribution in [2.24, 2.45) is 5.92 Å². The van der Waals surface area contributed by atoms with Gasteiger partial charge in [-0.05, 0) is 24.8 Å². The standard InChI is InChI=1S/C17H20N2O3/c18-12-15(16(20)11-14-7-4-10-22-14)17(21)19-9-8-13-5-2-1-3-6-13/h1-3,5-6,14-15H,4,7-11H2,(H,19,21)/t14-,15-/m1/s1. The van der Waals surface area contributed by atoms with Crippen LogP contribution in [0.5, 0.6) is 0 Å². The Balaban J connectivity index is 1.78. The first-order chi connectivity index (χ1) is 10.7. The molecule has 0 unspecified atom stereocenters. The highest BCUT2D eigenvalue weighted by atomic mass is 16.5. The fourth-order valence-corrected chi connectivity index (χ4v) is 2.50. The van der Waals surface area contributed by atoms with Gasteiger partial charge in [0.15, 0.2) is 11.7 Å². The van der Waals surface area contributed by atoms with Crippen molar-refractivity contribution in [3.8, 4) is 6.07 Å². The number of ether oxygens (including phenoxy) is 1. The third-order valence-corrected chi connectivity index (χ3v) is 3.72. The third kappa shape index (κ3) is 4.68. The molecule has 0 spiro atoms. The Kier molecular flexibility index (Phi) is 6.11. The summed E-state index contributed by atoms with van der Waals surface area (Å²) in [5.41, 5.74) is 1.10. The summed E-state index contributed by atoms with van der Waals surface area (Å²) in [7, 11) is 0. The predicted octanol–water partition coefficient (Wildman–Crippen LogP) is 1.62. The van der Waals surface area contributed by atoms with Crippen LogP contribution in [0.2, 0.25) is 0 Å². The molecule has 1 aliphatic rings. The van der Waals surface area contributed by atoms with E-state index in [1.807, 2.05) is 36.4 Å². The lowest BCUT2D eigenvalue weighted by Crippen LogP contribution is -2.36. The van der Waals surface area contributed by atoms with E-state index in [9.17, 15) is 9.59 Å². The van der Waals surface area contributed by atoms with Crippen LogP contribution in [0.15, 0.2) is 30.3 Å². The van der Waals surface area contributed by atoms with Gasteiger partial charge >= 0.3 is 0 Å². The molecule has 0 saturated carbocycles. The van der Waals surface area contributed by atoms with Gasteiger partial charge < -0.3 is 10.1 Å². The van der Waals surface area contributed by atoms with E-state index < -0.39 is 11.8 Å². The van der Waals surface area contributed by atoms with Crippen LogP contribution in [0.4, 0.5) is 0 Å². The van der Waals surface area contributed by atoms with Crippen LogP contribution in [-0.4, -0.2) is 30.9 Å². The first-order valence-electron chi connectivity index (χ1n) is 7.56. The van der Waals surface area contributed by atoms with E-state index in [1.54, 1.807) is 0 Å². The number of carbonyl (C=O) groups excluding carboxylic acids is 2. The van der Waals surface area contributed by atoms with Crippen LogP contribution in [0.3, 0.4) is 0 Å². The molecule has 22 heavy (non-hydrogen) atoms. The minimum atomic E-state index is -1.24. The monoisotopic (exact) mass is 300 g/mol. The second-order valence-electron chi connectivity index (χ2n) is 5.39. The molecule has 5 nitrogen and oxygen atoms in total. The molecule has 2 atom stereocenters. The molecule has 1 amide bonds. The summed E-state index contributed by atoms with van der Waals surface area (Å²) >= 11 is 0. The molecule has 116 valence electrons. The topological polar surface area (TPSA) is 79.2 Å². The van der Waals surface area contributed by atoms with Gasteiger partial charge in [-0.15, -0.1) is 0 Å². The lowest BCUT2D eigenvalue weighted by atomic mass is 9.98. The molecule has 1 N–H and O–H groups in total. The lowest BCUT2D eigenvalue weighted by Gasteiger charge is -2.12. The van der Waals surface area contributed by atoms with Crippen molar-refractivity contribution in [1.29, 1.82) is 5.26 Å². The number of amides is 1. The summed E-state index contributed by atoms with van der Waals surface area (Å²) in [6.07, 6.45) is 2.42. The van der Waals surface area contributed by atoms with E-state index in [0.29, 0.717) is 19.6 Å². The second-order valence-corrected chi connectivity index (χ2v) is 5.39. The number of hydrogen-bond acceptors (Lipinski definition) is 4. The molecule has 2 rings (SSSR count). The van der Waals surface area contributed by atoms with Crippen molar-refractivity contribution in [3.05, 3.63) is 35.9 Å². The van der Waals surface area contributed by atoms with Gasteiger partial charge in [0.1, 0.15) is 0 Å². The zero-order valence-electron chi connectivity index (χ0n) is 12.5. The third-order valence-electron chi connectivity index (χ3n) is 3.72. The number of nitrogens with zero attached hydrogens (tertiary/aromatic N) is 1. The zero-order valence-corrected chi connectivity index (χ0v) is 12.5. The Labute approximate surface area is 130 Å².